The predicted molar refractivity (Wildman–Crippen MR) is 155 cm³/mol. The van der Waals surface area contributed by atoms with Gasteiger partial charge in [0.1, 0.15) is 0 Å². The van der Waals surface area contributed by atoms with Crippen LogP contribution in [-0.2, 0) is 5.75 Å². The molecule has 3 N–H and O–H groups in total. The third-order valence-electron chi connectivity index (χ3n) is 4.90. The van der Waals surface area contributed by atoms with E-state index >= 15 is 0 Å². The first-order valence-corrected chi connectivity index (χ1v) is 14.8. The molecule has 36 heavy (non-hydrogen) atoms. The molecule has 0 radical (unpaired) electrons. The quantitative estimate of drug-likeness (QED) is 0.0983. The summed E-state index contributed by atoms with van der Waals surface area (Å²) in [7, 11) is 0. The van der Waals surface area contributed by atoms with Crippen molar-refractivity contribution in [3.05, 3.63) is 82.6 Å². The molecule has 0 saturated heterocycles. The first kappa shape index (κ1) is 27.3. The first-order chi connectivity index (χ1) is 17.1. The average Bonchev–Trinajstić information content (AvgIpc) is 3.25. The van der Waals surface area contributed by atoms with Crippen molar-refractivity contribution in [2.24, 2.45) is 0 Å². The van der Waals surface area contributed by atoms with Crippen LogP contribution in [0.2, 0.25) is 0 Å². The van der Waals surface area contributed by atoms with Gasteiger partial charge in [-0.3, -0.25) is 4.79 Å². The van der Waals surface area contributed by atoms with Crippen LogP contribution in [-0.4, -0.2) is 33.0 Å². The monoisotopic (exact) mass is 776 g/mol. The molecule has 1 aromatic heterocycles. The maximum Gasteiger partial charge on any atom is 0.337 e. The van der Waals surface area contributed by atoms with Gasteiger partial charge in [0.15, 0.2) is 4.34 Å². The standard InChI is InChI=1S/C23H12Br4N2O5S2/c24-16-14(15(22(33)34)17(25)19(27)18(16)26)20(30)28-11-5-6-12-13(7-11)36-23(29-12)35-8-9-1-3-10(4-2-9)21(31)32/h1-7H,8H2,(H,28,30)(H,31,32)(H,33,34). The molecule has 1 heterocycles. The van der Waals surface area contributed by atoms with Gasteiger partial charge in [-0.2, -0.15) is 0 Å². The molecular formula is C23H12Br4N2O5S2. The smallest absolute Gasteiger partial charge is 0.337 e. The third-order valence-corrected chi connectivity index (χ3v) is 11.9. The number of aromatic carboxylic acids is 2. The van der Waals surface area contributed by atoms with E-state index < -0.39 is 17.8 Å². The van der Waals surface area contributed by atoms with Gasteiger partial charge in [-0.25, -0.2) is 14.6 Å². The zero-order valence-corrected chi connectivity index (χ0v) is 25.6. The molecule has 0 bridgehead atoms. The molecule has 0 aliphatic rings. The Morgan fingerprint density at radius 1 is 0.861 bits per heavy atom. The van der Waals surface area contributed by atoms with Crippen molar-refractivity contribution in [3.8, 4) is 0 Å². The summed E-state index contributed by atoms with van der Waals surface area (Å²) >= 11 is 16.2. The highest BCUT2D eigenvalue weighted by molar-refractivity contribution is 9.15. The van der Waals surface area contributed by atoms with E-state index in [0.717, 1.165) is 20.1 Å². The number of nitrogens with one attached hydrogen (secondary N) is 1. The zero-order chi connectivity index (χ0) is 26.1. The van der Waals surface area contributed by atoms with Crippen molar-refractivity contribution in [2.45, 2.75) is 10.1 Å². The van der Waals surface area contributed by atoms with Gasteiger partial charge in [0.25, 0.3) is 5.91 Å². The van der Waals surface area contributed by atoms with E-state index in [2.05, 4.69) is 74.0 Å². The number of carbonyl (C=O) groups excluding carboxylic acids is 1. The van der Waals surface area contributed by atoms with Crippen molar-refractivity contribution < 1.29 is 24.6 Å². The summed E-state index contributed by atoms with van der Waals surface area (Å²) in [5, 5.41) is 21.5. The number of benzene rings is 3. The maximum absolute atomic E-state index is 13.1. The second kappa shape index (κ2) is 11.3. The largest absolute Gasteiger partial charge is 0.478 e. The number of hydrogen-bond donors (Lipinski definition) is 3. The van der Waals surface area contributed by atoms with Crippen LogP contribution in [0, 0.1) is 0 Å². The Morgan fingerprint density at radius 3 is 2.11 bits per heavy atom. The van der Waals surface area contributed by atoms with E-state index in [0.29, 0.717) is 24.9 Å². The Bertz CT molecular complexity index is 1540. The third kappa shape index (κ3) is 5.70. The van der Waals surface area contributed by atoms with Crippen molar-refractivity contribution in [1.82, 2.24) is 4.98 Å². The summed E-state index contributed by atoms with van der Waals surface area (Å²) in [6.07, 6.45) is 0. The summed E-state index contributed by atoms with van der Waals surface area (Å²) in [6.45, 7) is 0. The van der Waals surface area contributed by atoms with Crippen molar-refractivity contribution >= 4 is 121 Å². The Kier molecular flexibility index (Phi) is 8.57. The van der Waals surface area contributed by atoms with Gasteiger partial charge in [-0.15, -0.1) is 11.3 Å². The van der Waals surface area contributed by atoms with E-state index in [1.54, 1.807) is 42.5 Å². The number of carboxylic acid groups (broad SMARTS) is 2. The van der Waals surface area contributed by atoms with Crippen molar-refractivity contribution in [2.75, 3.05) is 5.32 Å². The molecule has 1 amide bonds. The van der Waals surface area contributed by atoms with Gasteiger partial charge >= 0.3 is 11.9 Å². The second-order valence-corrected chi connectivity index (χ2v) is 12.6. The number of aromatic nitrogens is 1. The molecule has 0 saturated carbocycles. The van der Waals surface area contributed by atoms with Gasteiger partial charge in [-0.05, 0) is 99.6 Å². The summed E-state index contributed by atoms with van der Waals surface area (Å²) in [5.74, 6) is -2.17. The number of carboxylic acids is 2. The molecule has 13 heteroatoms. The fraction of sp³-hybridized carbons (Fsp3) is 0.0435. The number of hydrogen-bond acceptors (Lipinski definition) is 6. The molecule has 0 spiro atoms. The normalized spacial score (nSPS) is 11.0. The number of thiazole rings is 1. The molecule has 0 fully saturated rings. The van der Waals surface area contributed by atoms with Crippen molar-refractivity contribution in [3.63, 3.8) is 0 Å². The zero-order valence-electron chi connectivity index (χ0n) is 17.6. The molecule has 4 aromatic rings. The number of amides is 1. The van der Waals surface area contributed by atoms with Crippen LogP contribution in [0.3, 0.4) is 0 Å². The summed E-state index contributed by atoms with van der Waals surface area (Å²) in [4.78, 5) is 40.6. The minimum absolute atomic E-state index is 0.0287. The summed E-state index contributed by atoms with van der Waals surface area (Å²) < 4.78 is 3.20. The molecule has 0 aliphatic carbocycles. The van der Waals surface area contributed by atoms with Crippen LogP contribution >= 0.6 is 86.8 Å². The van der Waals surface area contributed by atoms with Crippen LogP contribution in [0.5, 0.6) is 0 Å². The fourth-order valence-corrected chi connectivity index (χ4v) is 7.70. The molecular weight excluding hydrogens is 768 g/mol. The topological polar surface area (TPSA) is 117 Å². The number of thioether (sulfide) groups is 1. The lowest BCUT2D eigenvalue weighted by molar-refractivity contribution is 0.0684. The summed E-state index contributed by atoms with van der Waals surface area (Å²) in [6, 6.07) is 12.0. The lowest BCUT2D eigenvalue weighted by atomic mass is 10.1. The van der Waals surface area contributed by atoms with Crippen LogP contribution < -0.4 is 5.32 Å². The minimum atomic E-state index is -1.25. The van der Waals surface area contributed by atoms with Gasteiger partial charge in [0.05, 0.1) is 26.9 Å². The number of nitrogens with zero attached hydrogens (tertiary/aromatic N) is 1. The highest BCUT2D eigenvalue weighted by Crippen LogP contribution is 2.42. The molecule has 0 atom stereocenters. The van der Waals surface area contributed by atoms with Gasteiger partial charge in [-0.1, -0.05) is 23.9 Å². The highest BCUT2D eigenvalue weighted by atomic mass is 79.9. The van der Waals surface area contributed by atoms with Gasteiger partial charge in [0, 0.05) is 29.3 Å². The van der Waals surface area contributed by atoms with Crippen LogP contribution in [0.15, 0.2) is 64.7 Å². The number of rotatable bonds is 7. The minimum Gasteiger partial charge on any atom is -0.478 e. The molecule has 3 aromatic carbocycles. The van der Waals surface area contributed by atoms with Crippen molar-refractivity contribution in [1.29, 1.82) is 0 Å². The van der Waals surface area contributed by atoms with E-state index in [1.165, 1.54) is 23.1 Å². The number of anilines is 1. The maximum atomic E-state index is 13.1. The Balaban J connectivity index is 1.54. The average molecular weight is 780 g/mol. The highest BCUT2D eigenvalue weighted by Gasteiger charge is 2.28. The molecule has 4 rings (SSSR count). The molecule has 0 aliphatic heterocycles. The first-order valence-electron chi connectivity index (χ1n) is 9.83. The van der Waals surface area contributed by atoms with Gasteiger partial charge in [0.2, 0.25) is 0 Å². The number of fused-ring (bicyclic) bond motifs is 1. The molecule has 0 unspecified atom stereocenters. The van der Waals surface area contributed by atoms with E-state index in [4.69, 9.17) is 5.11 Å². The van der Waals surface area contributed by atoms with Gasteiger partial charge < -0.3 is 15.5 Å². The Morgan fingerprint density at radius 2 is 1.50 bits per heavy atom. The fourth-order valence-electron chi connectivity index (χ4n) is 3.17. The van der Waals surface area contributed by atoms with E-state index in [-0.39, 0.29) is 21.2 Å². The van der Waals surface area contributed by atoms with E-state index in [1.807, 2.05) is 0 Å². The van der Waals surface area contributed by atoms with Crippen LogP contribution in [0.25, 0.3) is 10.2 Å². The Labute approximate surface area is 246 Å². The predicted octanol–water partition coefficient (Wildman–Crippen LogP) is 8.29. The Hall–Kier alpha value is -1.77. The molecule has 7 nitrogen and oxygen atoms in total. The number of halogens is 4. The number of carbonyl (C=O) groups is 3. The van der Waals surface area contributed by atoms with E-state index in [9.17, 15) is 19.5 Å². The second-order valence-electron chi connectivity index (χ2n) is 7.22. The lowest BCUT2D eigenvalue weighted by Gasteiger charge is -2.14. The lowest BCUT2D eigenvalue weighted by Crippen LogP contribution is -2.18. The SMILES string of the molecule is O=C(O)c1ccc(CSc2nc3ccc(NC(=O)c4c(Br)c(Br)c(Br)c(Br)c4C(=O)O)cc3s2)cc1. The van der Waals surface area contributed by atoms with Crippen LogP contribution in [0.1, 0.15) is 36.6 Å². The summed E-state index contributed by atoms with van der Waals surface area (Å²) in [5.41, 5.74) is 2.27. The van der Waals surface area contributed by atoms with Crippen LogP contribution in [0.4, 0.5) is 5.69 Å². The molecule has 184 valence electrons.